The van der Waals surface area contributed by atoms with Gasteiger partial charge in [0.1, 0.15) is 0 Å². The first-order valence-electron chi connectivity index (χ1n) is 50.8. The van der Waals surface area contributed by atoms with Crippen molar-refractivity contribution in [2.24, 2.45) is 17.8 Å². The van der Waals surface area contributed by atoms with Gasteiger partial charge in [-0.05, 0) is 372 Å². The van der Waals surface area contributed by atoms with E-state index < -0.39 is 0 Å². The summed E-state index contributed by atoms with van der Waals surface area (Å²) >= 11 is 0. The molecule has 0 N–H and O–H groups in total. The van der Waals surface area contributed by atoms with Crippen LogP contribution in [0, 0.1) is 24.7 Å². The first-order valence-corrected chi connectivity index (χ1v) is 50.8. The highest BCUT2D eigenvalue weighted by Gasteiger charge is 2.37. The van der Waals surface area contributed by atoms with Crippen LogP contribution in [0.3, 0.4) is 0 Å². The monoisotopic (exact) mass is 1810 g/mol. The lowest BCUT2D eigenvalue weighted by Gasteiger charge is -2.33. The van der Waals surface area contributed by atoms with E-state index >= 15 is 0 Å². The summed E-state index contributed by atoms with van der Waals surface area (Å²) in [6.07, 6.45) is 65.1. The van der Waals surface area contributed by atoms with E-state index in [1.165, 1.54) is 226 Å². The summed E-state index contributed by atoms with van der Waals surface area (Å²) in [5, 5.41) is 13.0. The summed E-state index contributed by atoms with van der Waals surface area (Å²) in [4.78, 5) is 0. The molecule has 8 aliphatic rings. The van der Waals surface area contributed by atoms with Crippen LogP contribution in [0.15, 0.2) is 400 Å². The second-order valence-corrected chi connectivity index (χ2v) is 40.2. The van der Waals surface area contributed by atoms with Gasteiger partial charge < -0.3 is 0 Å². The first kappa shape index (κ1) is 92.6. The maximum absolute atomic E-state index is 4.67. The Morgan fingerprint density at radius 3 is 1.81 bits per heavy atom. The van der Waals surface area contributed by atoms with E-state index in [9.17, 15) is 0 Å². The highest BCUT2D eigenvalue weighted by Crippen LogP contribution is 2.52. The molecule has 14 aromatic carbocycles. The van der Waals surface area contributed by atoms with Gasteiger partial charge in [-0.2, -0.15) is 0 Å². The smallest absolute Gasteiger partial charge is 0.0159 e. The van der Waals surface area contributed by atoms with Gasteiger partial charge in [0.25, 0.3) is 0 Å². The molecule has 0 heteroatoms. The molecule has 0 saturated heterocycles. The minimum absolute atomic E-state index is 0.121. The normalized spacial score (nSPS) is 17.9. The molecular formula is C140H126. The summed E-state index contributed by atoms with van der Waals surface area (Å²) in [7, 11) is 0. The zero-order chi connectivity index (χ0) is 96.3. The van der Waals surface area contributed by atoms with Crippen molar-refractivity contribution >= 4 is 115 Å². The maximum Gasteiger partial charge on any atom is 0.0159 e. The molecule has 0 radical (unpaired) electrons. The third-order valence-electron chi connectivity index (χ3n) is 30.6. The molecule has 0 bridgehead atoms. The third-order valence-corrected chi connectivity index (χ3v) is 30.6. The molecule has 0 saturated carbocycles. The van der Waals surface area contributed by atoms with Crippen LogP contribution in [0.2, 0.25) is 0 Å². The molecule has 0 fully saturated rings. The van der Waals surface area contributed by atoms with Crippen LogP contribution in [-0.4, -0.2) is 0 Å². The number of benzene rings is 13. The number of rotatable bonds is 13. The van der Waals surface area contributed by atoms with Crippen molar-refractivity contribution in [2.75, 3.05) is 0 Å². The summed E-state index contributed by atoms with van der Waals surface area (Å²) in [5.74, 6) is 1.01. The summed E-state index contributed by atoms with van der Waals surface area (Å²) in [6, 6.07) is 104. The van der Waals surface area contributed by atoms with Gasteiger partial charge in [-0.3, -0.25) is 0 Å². The molecule has 0 aliphatic heterocycles. The van der Waals surface area contributed by atoms with E-state index in [-0.39, 0.29) is 22.7 Å². The van der Waals surface area contributed by atoms with Crippen molar-refractivity contribution < 1.29 is 0 Å². The molecule has 14 aromatic rings. The first-order chi connectivity index (χ1) is 68.3. The number of hydrogen-bond donors (Lipinski definition) is 0. The molecule has 0 spiro atoms. The Labute approximate surface area is 830 Å². The van der Waals surface area contributed by atoms with Gasteiger partial charge in [-0.25, -0.2) is 0 Å². The molecule has 0 amide bonds. The molecular weight excluding hydrogens is 1680 g/mol. The Morgan fingerprint density at radius 1 is 0.421 bits per heavy atom. The number of hydrogen-bond acceptors (Lipinski definition) is 0. The van der Waals surface area contributed by atoms with E-state index in [0.29, 0.717) is 5.92 Å². The lowest BCUT2D eigenvalue weighted by Crippen LogP contribution is -2.40. The summed E-state index contributed by atoms with van der Waals surface area (Å²) in [5.41, 5.74) is 44.2. The van der Waals surface area contributed by atoms with Gasteiger partial charge in [-0.15, -0.1) is 0 Å². The fourth-order valence-electron chi connectivity index (χ4n) is 23.2. The van der Waals surface area contributed by atoms with Gasteiger partial charge >= 0.3 is 0 Å². The zero-order valence-electron chi connectivity index (χ0n) is 83.4. The van der Waals surface area contributed by atoms with Crippen LogP contribution >= 0.6 is 0 Å². The Bertz CT molecular complexity index is 8200. The lowest BCUT2D eigenvalue weighted by molar-refractivity contribution is 0.661. The fourth-order valence-corrected chi connectivity index (χ4v) is 23.2. The number of fused-ring (bicyclic) bond motifs is 13. The topological polar surface area (TPSA) is 0 Å². The molecule has 22 rings (SSSR count). The van der Waals surface area contributed by atoms with Crippen molar-refractivity contribution in [3.05, 3.63) is 521 Å². The molecule has 0 heterocycles. The second-order valence-electron chi connectivity index (χ2n) is 40.2. The average molecular weight is 1810 g/mol. The minimum Gasteiger partial charge on any atom is -0.0911 e. The Morgan fingerprint density at radius 2 is 1.04 bits per heavy atom. The van der Waals surface area contributed by atoms with Crippen molar-refractivity contribution in [3.63, 3.8) is 0 Å². The number of allylic oxidation sites excluding steroid dienone is 22. The Hall–Kier alpha value is -15.1. The van der Waals surface area contributed by atoms with E-state index in [4.69, 9.17) is 0 Å². The Kier molecular flexibility index (Phi) is 26.6. The second kappa shape index (κ2) is 40.2. The largest absolute Gasteiger partial charge is 0.0911 e. The Balaban J connectivity index is 0.000000130. The van der Waals surface area contributed by atoms with Gasteiger partial charge in [0.15, 0.2) is 0 Å². The zero-order valence-corrected chi connectivity index (χ0v) is 83.4. The standard InChI is InChI=1S/C53H50.C44H34.C43H42/c1-8-45-46(9-2)48(38(5)33-41-21-14-13-17-36(41)3)29-30-49-50-28-27-44(43-26-25-40-20-15-16-22-42(40)34-43)35-52(50)53(6,7)51(49)32-31-47(45)37(4)23-24-39-18-11-10-12-19-39;1-2-12-31(13-3-1)43-39-16-8-9-17-40(39)44(36-23-24-38-35(27-36)21-19-30-11-6-7-15-37(30)38)41-25-22-34(28-42(41)43)33-20-18-29-10-4-5-14-32(29)26-33;1-7-13-31-19-21-34(27-29(31)3)41-36-16-10-11-17-37(36)42(35-22-20-32(14-8-2)30(4)28-35)39-25-26-43(5,6)40-18-12-9-15-33(40)23-24-38(39)41/h8-13,15-20,22-35H,4,14,21H2,1-3,5-7H3;1-3,5-6,8-9,11-14,16-28,39-40H,4,7,10,15H2;7-27,30H,28H2,1-6H3/b24-23-,38-33+,45-8?,46-9+,47-31?,48-29?,49-30?,51-32?;;13-7-,14-8-,24-23+,26-25+. The average Bonchev–Trinajstić information content (AvgIpc) is 1.04. The molecule has 3 atom stereocenters. The summed E-state index contributed by atoms with van der Waals surface area (Å²) < 4.78 is 0. The third kappa shape index (κ3) is 18.3. The van der Waals surface area contributed by atoms with Crippen LogP contribution in [0.4, 0.5) is 0 Å². The molecule has 0 aromatic heterocycles. The van der Waals surface area contributed by atoms with Crippen LogP contribution in [0.1, 0.15) is 208 Å². The van der Waals surface area contributed by atoms with E-state index in [0.717, 1.165) is 61.6 Å². The van der Waals surface area contributed by atoms with Gasteiger partial charge in [-0.1, -0.05) is 442 Å². The van der Waals surface area contributed by atoms with Crippen LogP contribution in [-0.2, 0) is 23.7 Å². The van der Waals surface area contributed by atoms with E-state index in [1.54, 1.807) is 0 Å². The number of aryl methyl sites for hydroxylation is 3. The quantitative estimate of drug-likeness (QED) is 0.101. The highest BCUT2D eigenvalue weighted by atomic mass is 14.4. The summed E-state index contributed by atoms with van der Waals surface area (Å²) in [6.45, 7) is 31.7. The molecule has 686 valence electrons. The van der Waals surface area contributed by atoms with Gasteiger partial charge in [0.05, 0.1) is 0 Å². The van der Waals surface area contributed by atoms with Crippen LogP contribution in [0.5, 0.6) is 0 Å². The van der Waals surface area contributed by atoms with E-state index in [2.05, 4.69) is 521 Å². The van der Waals surface area contributed by atoms with Crippen molar-refractivity contribution in [3.8, 4) is 44.5 Å². The van der Waals surface area contributed by atoms with Crippen molar-refractivity contribution in [1.29, 1.82) is 0 Å². The predicted octanol–water partition coefficient (Wildman–Crippen LogP) is 34.8. The van der Waals surface area contributed by atoms with Gasteiger partial charge in [0, 0.05) is 22.7 Å². The van der Waals surface area contributed by atoms with Crippen molar-refractivity contribution in [1.82, 2.24) is 0 Å². The van der Waals surface area contributed by atoms with Crippen LogP contribution in [0.25, 0.3) is 159 Å². The predicted molar refractivity (Wildman–Crippen MR) is 611 cm³/mol. The molecule has 3 unspecified atom stereocenters. The molecule has 140 heavy (non-hydrogen) atoms. The lowest BCUT2D eigenvalue weighted by atomic mass is 9.69. The van der Waals surface area contributed by atoms with E-state index in [1.807, 2.05) is 0 Å². The minimum atomic E-state index is -0.217. The molecule has 0 nitrogen and oxygen atoms in total. The van der Waals surface area contributed by atoms with Crippen molar-refractivity contribution in [2.45, 2.75) is 139 Å². The highest BCUT2D eigenvalue weighted by molar-refractivity contribution is 6.11. The SMILES string of the molecule is C/C=C\C1=CC=C(c2c3c(c(-c4ccc(/C=C\C)c(C)c4)c4ccccc24)/C=C/c2ccccc2C(C)(C)/C=C/3)CC1C.C1=CC2C(c3ccc4c5c(ccc4c3)C=CCC5)=c3ccc(-c4ccc5c(c4)C=CCC5)cc3=C(c3ccccc3)C2C=C1.C=C(/C=C\c1ccccc1)c1ccc2c(ccc(/C(C)=C/C3=C(C)C=CCC3)/c(=C/C)c1=CC)-c1ccc(-c3ccc4ccccc4c3)cc1C2(C)C. The molecule has 8 aliphatic carbocycles. The van der Waals surface area contributed by atoms with Crippen LogP contribution < -0.4 is 20.9 Å². The fraction of sp³-hybridized carbons (Fsp3) is 0.171. The maximum atomic E-state index is 4.67. The van der Waals surface area contributed by atoms with Gasteiger partial charge in [0.2, 0.25) is 0 Å².